The topological polar surface area (TPSA) is 81.5 Å². The molecule has 0 aliphatic carbocycles. The highest BCUT2D eigenvalue weighted by Gasteiger charge is 2.32. The van der Waals surface area contributed by atoms with Gasteiger partial charge in [0.2, 0.25) is 0 Å². The predicted octanol–water partition coefficient (Wildman–Crippen LogP) is 1.25. The summed E-state index contributed by atoms with van der Waals surface area (Å²) in [4.78, 5) is 0. The van der Waals surface area contributed by atoms with Gasteiger partial charge in [-0.15, -0.1) is 13.2 Å². The van der Waals surface area contributed by atoms with Crippen molar-refractivity contribution in [1.29, 1.82) is 0 Å². The molecule has 0 radical (unpaired) electrons. The minimum atomic E-state index is -4.86. The lowest BCUT2D eigenvalue weighted by atomic mass is 10.1. The Morgan fingerprint density at radius 2 is 2.00 bits per heavy atom. The number of para-hydroxylation sites is 1. The molecule has 1 rings (SSSR count). The average Bonchev–Trinajstić information content (AvgIpc) is 2.18. The van der Waals surface area contributed by atoms with E-state index in [1.54, 1.807) is 0 Å². The van der Waals surface area contributed by atoms with Crippen LogP contribution in [-0.2, 0) is 0 Å². The van der Waals surface area contributed by atoms with Crippen LogP contribution in [0.15, 0.2) is 18.2 Å². The molecule has 4 nitrogen and oxygen atoms in total. The fourth-order valence-corrected chi connectivity index (χ4v) is 1.17. The van der Waals surface area contributed by atoms with Crippen molar-refractivity contribution in [3.8, 4) is 11.5 Å². The number of halogens is 3. The summed E-state index contributed by atoms with van der Waals surface area (Å²) < 4.78 is 39.5. The SMILES string of the molecule is NC[C@H](N)c1cccc(OC(F)(F)F)c1O. The van der Waals surface area contributed by atoms with E-state index >= 15 is 0 Å². The summed E-state index contributed by atoms with van der Waals surface area (Å²) in [6.45, 7) is 0.00301. The Kier molecular flexibility index (Phi) is 3.61. The molecule has 0 unspecified atom stereocenters. The molecule has 0 spiro atoms. The van der Waals surface area contributed by atoms with Gasteiger partial charge in [-0.25, -0.2) is 0 Å². The van der Waals surface area contributed by atoms with E-state index in [0.29, 0.717) is 0 Å². The summed E-state index contributed by atoms with van der Waals surface area (Å²) in [6.07, 6.45) is -4.86. The first-order chi connectivity index (χ1) is 7.35. The Labute approximate surface area is 89.6 Å². The largest absolute Gasteiger partial charge is 0.573 e. The van der Waals surface area contributed by atoms with Gasteiger partial charge in [0.15, 0.2) is 11.5 Å². The molecule has 1 atom stereocenters. The molecule has 0 bridgehead atoms. The number of phenolic OH excluding ortho intramolecular Hbond substituents is 1. The van der Waals surface area contributed by atoms with Crippen LogP contribution < -0.4 is 16.2 Å². The number of hydrogen-bond acceptors (Lipinski definition) is 4. The summed E-state index contributed by atoms with van der Waals surface area (Å²) in [5.74, 6) is -1.33. The van der Waals surface area contributed by atoms with Crippen molar-refractivity contribution >= 4 is 0 Å². The first-order valence-corrected chi connectivity index (χ1v) is 4.38. The number of nitrogens with two attached hydrogens (primary N) is 2. The second-order valence-electron chi connectivity index (χ2n) is 3.08. The molecule has 0 aromatic heterocycles. The van der Waals surface area contributed by atoms with Crippen LogP contribution >= 0.6 is 0 Å². The Hall–Kier alpha value is -1.47. The van der Waals surface area contributed by atoms with E-state index < -0.39 is 23.9 Å². The zero-order valence-electron chi connectivity index (χ0n) is 8.16. The molecule has 0 aliphatic heterocycles. The van der Waals surface area contributed by atoms with Crippen LogP contribution in [0.2, 0.25) is 0 Å². The number of rotatable bonds is 3. The molecule has 5 N–H and O–H groups in total. The second kappa shape index (κ2) is 4.58. The van der Waals surface area contributed by atoms with Crippen molar-refractivity contribution in [3.63, 3.8) is 0 Å². The predicted molar refractivity (Wildman–Crippen MR) is 50.8 cm³/mol. The molecule has 0 fully saturated rings. The highest BCUT2D eigenvalue weighted by Crippen LogP contribution is 2.35. The average molecular weight is 236 g/mol. The molecule has 7 heteroatoms. The normalized spacial score (nSPS) is 13.6. The Morgan fingerprint density at radius 3 is 2.50 bits per heavy atom. The first-order valence-electron chi connectivity index (χ1n) is 4.38. The Bertz CT molecular complexity index is 368. The van der Waals surface area contributed by atoms with Crippen molar-refractivity contribution < 1.29 is 23.0 Å². The molecule has 16 heavy (non-hydrogen) atoms. The van der Waals surface area contributed by atoms with Crippen LogP contribution in [0.4, 0.5) is 13.2 Å². The third-order valence-corrected chi connectivity index (χ3v) is 1.91. The molecule has 1 aromatic carbocycles. The summed E-state index contributed by atoms with van der Waals surface area (Å²) in [6, 6.07) is 2.94. The van der Waals surface area contributed by atoms with Gasteiger partial charge in [-0.05, 0) is 6.07 Å². The summed E-state index contributed by atoms with van der Waals surface area (Å²) >= 11 is 0. The van der Waals surface area contributed by atoms with Gasteiger partial charge in [0.1, 0.15) is 0 Å². The van der Waals surface area contributed by atoms with E-state index in [0.717, 1.165) is 6.07 Å². The standard InChI is InChI=1S/C9H11F3N2O2/c10-9(11,12)16-7-3-1-2-5(8(7)15)6(14)4-13/h1-3,6,15H,4,13-14H2/t6-/m0/s1. The number of benzene rings is 1. The van der Waals surface area contributed by atoms with Crippen LogP contribution in [0.5, 0.6) is 11.5 Å². The number of phenols is 1. The smallest absolute Gasteiger partial charge is 0.504 e. The van der Waals surface area contributed by atoms with Gasteiger partial charge in [-0.2, -0.15) is 0 Å². The maximum Gasteiger partial charge on any atom is 0.573 e. The molecule has 0 aliphatic rings. The van der Waals surface area contributed by atoms with Crippen molar-refractivity contribution in [2.45, 2.75) is 12.4 Å². The van der Waals surface area contributed by atoms with Gasteiger partial charge < -0.3 is 21.3 Å². The molecule has 90 valence electrons. The van der Waals surface area contributed by atoms with Gasteiger partial charge in [0, 0.05) is 18.2 Å². The molecule has 0 saturated heterocycles. The molecule has 0 amide bonds. The number of alkyl halides is 3. The number of aromatic hydroxyl groups is 1. The zero-order valence-corrected chi connectivity index (χ0v) is 8.16. The molecular weight excluding hydrogens is 225 g/mol. The molecular formula is C9H11F3N2O2. The quantitative estimate of drug-likeness (QED) is 0.737. The lowest BCUT2D eigenvalue weighted by Gasteiger charge is -2.15. The summed E-state index contributed by atoms with van der Waals surface area (Å²) in [7, 11) is 0. The van der Waals surface area contributed by atoms with E-state index in [2.05, 4.69) is 4.74 Å². The van der Waals surface area contributed by atoms with Crippen molar-refractivity contribution in [2.75, 3.05) is 6.54 Å². The maximum atomic E-state index is 11.9. The number of ether oxygens (including phenoxy) is 1. The second-order valence-corrected chi connectivity index (χ2v) is 3.08. The monoisotopic (exact) mass is 236 g/mol. The molecule has 0 saturated carbocycles. The van der Waals surface area contributed by atoms with Gasteiger partial charge >= 0.3 is 6.36 Å². The van der Waals surface area contributed by atoms with Crippen molar-refractivity contribution in [3.05, 3.63) is 23.8 Å². The van der Waals surface area contributed by atoms with E-state index in [1.807, 2.05) is 0 Å². The van der Waals surface area contributed by atoms with E-state index in [4.69, 9.17) is 11.5 Å². The first kappa shape index (κ1) is 12.6. The third kappa shape index (κ3) is 3.01. The van der Waals surface area contributed by atoms with Crippen LogP contribution in [0, 0.1) is 0 Å². The van der Waals surface area contributed by atoms with Gasteiger partial charge in [0.05, 0.1) is 0 Å². The zero-order chi connectivity index (χ0) is 12.3. The van der Waals surface area contributed by atoms with Crippen LogP contribution in [-0.4, -0.2) is 18.0 Å². The van der Waals surface area contributed by atoms with E-state index in [-0.39, 0.29) is 12.1 Å². The van der Waals surface area contributed by atoms with Gasteiger partial charge in [-0.1, -0.05) is 12.1 Å². The van der Waals surface area contributed by atoms with Crippen LogP contribution in [0.25, 0.3) is 0 Å². The van der Waals surface area contributed by atoms with E-state index in [1.165, 1.54) is 12.1 Å². The van der Waals surface area contributed by atoms with Gasteiger partial charge in [0.25, 0.3) is 0 Å². The minimum absolute atomic E-state index is 0.00301. The number of hydrogen-bond donors (Lipinski definition) is 3. The highest BCUT2D eigenvalue weighted by atomic mass is 19.4. The molecule has 0 heterocycles. The fourth-order valence-electron chi connectivity index (χ4n) is 1.17. The molecule has 1 aromatic rings. The van der Waals surface area contributed by atoms with Crippen molar-refractivity contribution in [2.24, 2.45) is 11.5 Å². The lowest BCUT2D eigenvalue weighted by molar-refractivity contribution is -0.275. The highest BCUT2D eigenvalue weighted by molar-refractivity contribution is 5.47. The lowest BCUT2D eigenvalue weighted by Crippen LogP contribution is -2.22. The van der Waals surface area contributed by atoms with Gasteiger partial charge in [-0.3, -0.25) is 0 Å². The maximum absolute atomic E-state index is 11.9. The minimum Gasteiger partial charge on any atom is -0.504 e. The summed E-state index contributed by atoms with van der Waals surface area (Å²) in [5, 5.41) is 9.49. The Morgan fingerprint density at radius 1 is 1.38 bits per heavy atom. The van der Waals surface area contributed by atoms with Crippen LogP contribution in [0.1, 0.15) is 11.6 Å². The Balaban J connectivity index is 3.04. The third-order valence-electron chi connectivity index (χ3n) is 1.91. The van der Waals surface area contributed by atoms with Crippen molar-refractivity contribution in [1.82, 2.24) is 0 Å². The summed E-state index contributed by atoms with van der Waals surface area (Å²) in [5.41, 5.74) is 10.9. The van der Waals surface area contributed by atoms with E-state index in [9.17, 15) is 18.3 Å². The fraction of sp³-hybridized carbons (Fsp3) is 0.333. The van der Waals surface area contributed by atoms with Crippen LogP contribution in [0.3, 0.4) is 0 Å².